The summed E-state index contributed by atoms with van der Waals surface area (Å²) in [4.78, 5) is 16.3. The predicted molar refractivity (Wildman–Crippen MR) is 103 cm³/mol. The number of methoxy groups -OCH3 is 2. The quantitative estimate of drug-likeness (QED) is 0.500. The average molecular weight is 345 g/mol. The van der Waals surface area contributed by atoms with Crippen LogP contribution in [0.25, 0.3) is 28.5 Å². The number of hydrogen-bond acceptors (Lipinski definition) is 4. The summed E-state index contributed by atoms with van der Waals surface area (Å²) in [6, 6.07) is 21.6. The second-order valence-electron chi connectivity index (χ2n) is 5.56. The third-order valence-electron chi connectivity index (χ3n) is 3.96. The number of esters is 1. The highest BCUT2D eigenvalue weighted by Gasteiger charge is 2.14. The summed E-state index contributed by atoms with van der Waals surface area (Å²) < 4.78 is 10.2. The summed E-state index contributed by atoms with van der Waals surface area (Å²) in [6.45, 7) is 0. The molecular weight excluding hydrogens is 326 g/mol. The van der Waals surface area contributed by atoms with E-state index in [1.54, 1.807) is 13.2 Å². The normalized spacial score (nSPS) is 10.7. The number of carbonyl (C=O) groups is 1. The molecule has 4 nitrogen and oxygen atoms in total. The van der Waals surface area contributed by atoms with Crippen molar-refractivity contribution < 1.29 is 14.3 Å². The van der Waals surface area contributed by atoms with Gasteiger partial charge in [0.25, 0.3) is 0 Å². The predicted octanol–water partition coefficient (Wildman–Crippen LogP) is 4.61. The number of carbonyl (C=O) groups excluding carboxylic acids is 1. The van der Waals surface area contributed by atoms with E-state index in [2.05, 4.69) is 4.98 Å². The molecule has 26 heavy (non-hydrogen) atoms. The van der Waals surface area contributed by atoms with Crippen molar-refractivity contribution in [1.29, 1.82) is 0 Å². The molecule has 0 unspecified atom stereocenters. The Balaban J connectivity index is 2.28. The van der Waals surface area contributed by atoms with Crippen LogP contribution in [0.3, 0.4) is 0 Å². The molecule has 3 aromatic rings. The minimum atomic E-state index is -0.418. The van der Waals surface area contributed by atoms with Gasteiger partial charge < -0.3 is 9.47 Å². The fourth-order valence-corrected chi connectivity index (χ4v) is 2.70. The first-order chi connectivity index (χ1) is 12.7. The summed E-state index contributed by atoms with van der Waals surface area (Å²) in [7, 11) is 2.95. The van der Waals surface area contributed by atoms with Crippen LogP contribution in [0, 0.1) is 0 Å². The van der Waals surface area contributed by atoms with Crippen LogP contribution >= 0.6 is 0 Å². The summed E-state index contributed by atoms with van der Waals surface area (Å²) in [5, 5.41) is 0. The first kappa shape index (κ1) is 17.4. The Bertz CT molecular complexity index is 858. The first-order valence-corrected chi connectivity index (χ1v) is 8.19. The molecule has 2 aromatic carbocycles. The zero-order valence-corrected chi connectivity index (χ0v) is 14.7. The van der Waals surface area contributed by atoms with E-state index in [9.17, 15) is 4.79 Å². The summed E-state index contributed by atoms with van der Waals surface area (Å²) >= 11 is 0. The van der Waals surface area contributed by atoms with Crippen molar-refractivity contribution in [2.75, 3.05) is 14.2 Å². The number of ether oxygens (including phenoxy) is 2. The topological polar surface area (TPSA) is 48.4 Å². The zero-order valence-electron chi connectivity index (χ0n) is 14.7. The van der Waals surface area contributed by atoms with Crippen LogP contribution in [0.1, 0.15) is 5.56 Å². The maximum atomic E-state index is 11.6. The van der Waals surface area contributed by atoms with Gasteiger partial charge in [-0.1, -0.05) is 60.7 Å². The maximum absolute atomic E-state index is 11.6. The van der Waals surface area contributed by atoms with Gasteiger partial charge in [-0.15, -0.1) is 0 Å². The minimum absolute atomic E-state index is 0.418. The van der Waals surface area contributed by atoms with Crippen LogP contribution in [0.2, 0.25) is 0 Å². The molecule has 0 spiro atoms. The molecule has 0 bridgehead atoms. The monoisotopic (exact) mass is 345 g/mol. The molecule has 0 amide bonds. The molecule has 0 saturated carbocycles. The van der Waals surface area contributed by atoms with Crippen LogP contribution in [0.5, 0.6) is 5.88 Å². The van der Waals surface area contributed by atoms with Crippen LogP contribution < -0.4 is 4.74 Å². The van der Waals surface area contributed by atoms with Crippen molar-refractivity contribution in [3.8, 4) is 28.3 Å². The van der Waals surface area contributed by atoms with Gasteiger partial charge in [-0.05, 0) is 17.2 Å². The van der Waals surface area contributed by atoms with Crippen molar-refractivity contribution in [2.45, 2.75) is 0 Å². The molecule has 3 rings (SSSR count). The Morgan fingerprint density at radius 1 is 0.923 bits per heavy atom. The Morgan fingerprint density at radius 3 is 2.12 bits per heavy atom. The van der Waals surface area contributed by atoms with E-state index >= 15 is 0 Å². The minimum Gasteiger partial charge on any atom is -0.481 e. The highest BCUT2D eigenvalue weighted by Crippen LogP contribution is 2.35. The molecule has 0 aliphatic heterocycles. The van der Waals surface area contributed by atoms with E-state index in [0.717, 1.165) is 27.9 Å². The molecule has 130 valence electrons. The Hall–Kier alpha value is -3.40. The van der Waals surface area contributed by atoms with Gasteiger partial charge in [0.15, 0.2) is 0 Å². The molecule has 0 saturated heterocycles. The lowest BCUT2D eigenvalue weighted by Crippen LogP contribution is -1.98. The Kier molecular flexibility index (Phi) is 5.44. The van der Waals surface area contributed by atoms with Gasteiger partial charge in [-0.2, -0.15) is 0 Å². The molecule has 0 radical (unpaired) electrons. The summed E-state index contributed by atoms with van der Waals surface area (Å²) in [5.74, 6) is 0.0942. The number of benzene rings is 2. The molecular formula is C22H19NO3. The lowest BCUT2D eigenvalue weighted by Gasteiger charge is -2.14. The van der Waals surface area contributed by atoms with Crippen LogP contribution in [0.4, 0.5) is 0 Å². The second kappa shape index (κ2) is 8.12. The van der Waals surface area contributed by atoms with E-state index in [0.29, 0.717) is 5.88 Å². The fourth-order valence-electron chi connectivity index (χ4n) is 2.70. The smallest absolute Gasteiger partial charge is 0.330 e. The fraction of sp³-hybridized carbons (Fsp3) is 0.0909. The van der Waals surface area contributed by atoms with Gasteiger partial charge in [0, 0.05) is 23.3 Å². The van der Waals surface area contributed by atoms with E-state index in [4.69, 9.17) is 9.47 Å². The average Bonchev–Trinajstić information content (AvgIpc) is 2.72. The first-order valence-electron chi connectivity index (χ1n) is 8.19. The Labute approximate surface area is 152 Å². The molecule has 1 aromatic heterocycles. The van der Waals surface area contributed by atoms with Gasteiger partial charge in [0.1, 0.15) is 0 Å². The van der Waals surface area contributed by atoms with Gasteiger partial charge in [0.05, 0.1) is 19.9 Å². The van der Waals surface area contributed by atoms with Crippen LogP contribution in [0.15, 0.2) is 72.8 Å². The maximum Gasteiger partial charge on any atom is 0.330 e. The van der Waals surface area contributed by atoms with Crippen molar-refractivity contribution in [1.82, 2.24) is 4.98 Å². The Morgan fingerprint density at radius 2 is 1.54 bits per heavy atom. The third-order valence-corrected chi connectivity index (χ3v) is 3.96. The zero-order chi connectivity index (χ0) is 18.4. The highest BCUT2D eigenvalue weighted by atomic mass is 16.5. The van der Waals surface area contributed by atoms with Crippen molar-refractivity contribution in [3.63, 3.8) is 0 Å². The lowest BCUT2D eigenvalue weighted by atomic mass is 9.95. The highest BCUT2D eigenvalue weighted by molar-refractivity contribution is 5.92. The third kappa shape index (κ3) is 3.81. The molecule has 4 heteroatoms. The number of hydrogen-bond donors (Lipinski definition) is 0. The molecule has 0 aliphatic carbocycles. The molecule has 0 fully saturated rings. The number of rotatable bonds is 5. The number of nitrogens with zero attached hydrogens (tertiary/aromatic N) is 1. The van der Waals surface area contributed by atoms with Gasteiger partial charge >= 0.3 is 5.97 Å². The summed E-state index contributed by atoms with van der Waals surface area (Å²) in [5.41, 5.74) is 4.44. The van der Waals surface area contributed by atoms with Gasteiger partial charge in [0.2, 0.25) is 5.88 Å². The van der Waals surface area contributed by atoms with Crippen LogP contribution in [-0.2, 0) is 9.53 Å². The SMILES string of the molecule is COC(=O)/C=C/c1c(-c2ccccc2)cc(OC)nc1-c1ccccc1. The largest absolute Gasteiger partial charge is 0.481 e. The van der Waals surface area contributed by atoms with E-state index < -0.39 is 5.97 Å². The van der Waals surface area contributed by atoms with Crippen molar-refractivity contribution in [2.24, 2.45) is 0 Å². The van der Waals surface area contributed by atoms with Gasteiger partial charge in [-0.25, -0.2) is 9.78 Å². The lowest BCUT2D eigenvalue weighted by molar-refractivity contribution is -0.134. The van der Waals surface area contributed by atoms with Crippen molar-refractivity contribution in [3.05, 3.63) is 78.4 Å². The van der Waals surface area contributed by atoms with Crippen LogP contribution in [-0.4, -0.2) is 25.2 Å². The van der Waals surface area contributed by atoms with Gasteiger partial charge in [-0.3, -0.25) is 0 Å². The van der Waals surface area contributed by atoms with E-state index in [-0.39, 0.29) is 0 Å². The second-order valence-corrected chi connectivity index (χ2v) is 5.56. The molecule has 0 N–H and O–H groups in total. The van der Waals surface area contributed by atoms with E-state index in [1.807, 2.05) is 66.7 Å². The standard InChI is InChI=1S/C22H19NO3/c1-25-20-15-19(16-9-5-3-6-10-16)18(13-14-21(24)26-2)22(23-20)17-11-7-4-8-12-17/h3-15H,1-2H3/b14-13+. The van der Waals surface area contributed by atoms with Crippen molar-refractivity contribution >= 4 is 12.0 Å². The summed E-state index contributed by atoms with van der Waals surface area (Å²) in [6.07, 6.45) is 3.14. The number of pyridine rings is 1. The van der Waals surface area contributed by atoms with E-state index in [1.165, 1.54) is 13.2 Å². The number of aromatic nitrogens is 1. The molecule has 0 aliphatic rings. The molecule has 0 atom stereocenters. The molecule has 1 heterocycles.